The number of aryl methyl sites for hydroxylation is 1. The highest BCUT2D eigenvalue weighted by Gasteiger charge is 2.15. The standard InChI is InChI=1S/C14H15NO/c1-9(2)15-12-7-5-4-6-11(12)14-13(15)8-10(3)16-14/h4-9H,1-3H3. The van der Waals surface area contributed by atoms with Crippen molar-refractivity contribution in [1.29, 1.82) is 0 Å². The van der Waals surface area contributed by atoms with E-state index in [0.29, 0.717) is 6.04 Å². The number of rotatable bonds is 1. The molecule has 16 heavy (non-hydrogen) atoms. The van der Waals surface area contributed by atoms with Crippen LogP contribution in [0.3, 0.4) is 0 Å². The monoisotopic (exact) mass is 213 g/mol. The second-order valence-electron chi connectivity index (χ2n) is 4.55. The quantitative estimate of drug-likeness (QED) is 0.590. The van der Waals surface area contributed by atoms with E-state index in [0.717, 1.165) is 11.3 Å². The Morgan fingerprint density at radius 2 is 1.88 bits per heavy atom. The van der Waals surface area contributed by atoms with Crippen molar-refractivity contribution >= 4 is 22.0 Å². The van der Waals surface area contributed by atoms with Gasteiger partial charge in [-0.2, -0.15) is 0 Å². The van der Waals surface area contributed by atoms with Crippen LogP contribution in [0.4, 0.5) is 0 Å². The van der Waals surface area contributed by atoms with E-state index in [1.807, 2.05) is 6.92 Å². The fourth-order valence-electron chi connectivity index (χ4n) is 2.43. The fourth-order valence-corrected chi connectivity index (χ4v) is 2.43. The van der Waals surface area contributed by atoms with Crippen molar-refractivity contribution in [3.8, 4) is 0 Å². The first-order valence-electron chi connectivity index (χ1n) is 5.67. The smallest absolute Gasteiger partial charge is 0.159 e. The van der Waals surface area contributed by atoms with Crippen molar-refractivity contribution in [3.05, 3.63) is 36.1 Å². The fraction of sp³-hybridized carbons (Fsp3) is 0.286. The molecule has 2 aromatic heterocycles. The minimum absolute atomic E-state index is 0.444. The van der Waals surface area contributed by atoms with Gasteiger partial charge in [0.25, 0.3) is 0 Å². The number of furan rings is 1. The van der Waals surface area contributed by atoms with Gasteiger partial charge in [-0.1, -0.05) is 12.1 Å². The first kappa shape index (κ1) is 9.52. The molecule has 2 nitrogen and oxygen atoms in total. The minimum atomic E-state index is 0.444. The molecule has 2 heteroatoms. The van der Waals surface area contributed by atoms with Crippen molar-refractivity contribution < 1.29 is 4.42 Å². The third-order valence-electron chi connectivity index (χ3n) is 3.02. The predicted molar refractivity (Wildman–Crippen MR) is 66.8 cm³/mol. The summed E-state index contributed by atoms with van der Waals surface area (Å²) in [7, 11) is 0. The van der Waals surface area contributed by atoms with E-state index in [4.69, 9.17) is 4.42 Å². The molecule has 0 saturated heterocycles. The maximum Gasteiger partial charge on any atom is 0.159 e. The number of hydrogen-bond acceptors (Lipinski definition) is 1. The van der Waals surface area contributed by atoms with E-state index < -0.39 is 0 Å². The van der Waals surface area contributed by atoms with Gasteiger partial charge >= 0.3 is 0 Å². The molecule has 0 aliphatic carbocycles. The lowest BCUT2D eigenvalue weighted by molar-refractivity contribution is 0.581. The molecular formula is C14H15NO. The molecule has 0 bridgehead atoms. The van der Waals surface area contributed by atoms with Crippen LogP contribution >= 0.6 is 0 Å². The van der Waals surface area contributed by atoms with Gasteiger partial charge in [-0.05, 0) is 32.9 Å². The second-order valence-corrected chi connectivity index (χ2v) is 4.55. The first-order chi connectivity index (χ1) is 7.68. The number of nitrogens with zero attached hydrogens (tertiary/aromatic N) is 1. The molecule has 3 aromatic rings. The van der Waals surface area contributed by atoms with Gasteiger partial charge < -0.3 is 8.98 Å². The van der Waals surface area contributed by atoms with Gasteiger partial charge in [-0.3, -0.25) is 0 Å². The van der Waals surface area contributed by atoms with Crippen LogP contribution in [0.5, 0.6) is 0 Å². The summed E-state index contributed by atoms with van der Waals surface area (Å²) >= 11 is 0. The zero-order chi connectivity index (χ0) is 11.3. The Balaban J connectivity index is 2.56. The molecular weight excluding hydrogens is 198 g/mol. The third-order valence-corrected chi connectivity index (χ3v) is 3.02. The third kappa shape index (κ3) is 1.13. The average Bonchev–Trinajstić information content (AvgIpc) is 2.72. The van der Waals surface area contributed by atoms with Crippen molar-refractivity contribution in [3.63, 3.8) is 0 Å². The molecule has 0 atom stereocenters. The molecule has 3 rings (SSSR count). The van der Waals surface area contributed by atoms with Crippen LogP contribution in [0, 0.1) is 6.92 Å². The lowest BCUT2D eigenvalue weighted by Crippen LogP contribution is -1.98. The number of benzene rings is 1. The molecule has 0 radical (unpaired) electrons. The molecule has 0 saturated carbocycles. The first-order valence-corrected chi connectivity index (χ1v) is 5.67. The van der Waals surface area contributed by atoms with Gasteiger partial charge in [-0.25, -0.2) is 0 Å². The topological polar surface area (TPSA) is 18.1 Å². The number of fused-ring (bicyclic) bond motifs is 3. The van der Waals surface area contributed by atoms with E-state index in [2.05, 4.69) is 48.7 Å². The predicted octanol–water partition coefficient (Wildman–Crippen LogP) is 4.28. The van der Waals surface area contributed by atoms with Gasteiger partial charge in [0.15, 0.2) is 5.58 Å². The van der Waals surface area contributed by atoms with Gasteiger partial charge in [0, 0.05) is 17.5 Å². The molecule has 0 aliphatic rings. The molecule has 0 spiro atoms. The Morgan fingerprint density at radius 1 is 1.12 bits per heavy atom. The highest BCUT2D eigenvalue weighted by molar-refractivity contribution is 6.05. The largest absolute Gasteiger partial charge is 0.459 e. The van der Waals surface area contributed by atoms with E-state index in [1.54, 1.807) is 0 Å². The van der Waals surface area contributed by atoms with Crippen molar-refractivity contribution in [2.45, 2.75) is 26.8 Å². The summed E-state index contributed by atoms with van der Waals surface area (Å²) in [5.74, 6) is 0.977. The molecule has 2 heterocycles. The highest BCUT2D eigenvalue weighted by atomic mass is 16.3. The average molecular weight is 213 g/mol. The molecule has 82 valence electrons. The molecule has 0 N–H and O–H groups in total. The lowest BCUT2D eigenvalue weighted by atomic mass is 10.2. The van der Waals surface area contributed by atoms with Crippen molar-refractivity contribution in [2.24, 2.45) is 0 Å². The zero-order valence-corrected chi connectivity index (χ0v) is 9.82. The summed E-state index contributed by atoms with van der Waals surface area (Å²) in [4.78, 5) is 0. The summed E-state index contributed by atoms with van der Waals surface area (Å²) in [5.41, 5.74) is 3.47. The Bertz CT molecular complexity index is 658. The maximum atomic E-state index is 5.79. The van der Waals surface area contributed by atoms with Gasteiger partial charge in [-0.15, -0.1) is 0 Å². The van der Waals surface area contributed by atoms with Crippen LogP contribution in [0.15, 0.2) is 34.7 Å². The molecule has 1 aromatic carbocycles. The van der Waals surface area contributed by atoms with E-state index >= 15 is 0 Å². The van der Waals surface area contributed by atoms with Crippen LogP contribution < -0.4 is 0 Å². The molecule has 0 fully saturated rings. The highest BCUT2D eigenvalue weighted by Crippen LogP contribution is 2.33. The van der Waals surface area contributed by atoms with Gasteiger partial charge in [0.1, 0.15) is 5.76 Å². The number of para-hydroxylation sites is 1. The van der Waals surface area contributed by atoms with Crippen LogP contribution in [0.2, 0.25) is 0 Å². The summed E-state index contributed by atoms with van der Waals surface area (Å²) in [6.45, 7) is 6.40. The molecule has 0 aliphatic heterocycles. The summed E-state index contributed by atoms with van der Waals surface area (Å²) < 4.78 is 8.13. The van der Waals surface area contributed by atoms with Crippen molar-refractivity contribution in [1.82, 2.24) is 4.57 Å². The van der Waals surface area contributed by atoms with E-state index in [1.165, 1.54) is 16.4 Å². The minimum Gasteiger partial charge on any atom is -0.459 e. The summed E-state index contributed by atoms with van der Waals surface area (Å²) in [5, 5.41) is 1.21. The molecule has 0 amide bonds. The SMILES string of the molecule is Cc1cc2c(o1)c1ccccc1n2C(C)C. The van der Waals surface area contributed by atoms with Crippen LogP contribution in [0.1, 0.15) is 25.6 Å². The maximum absolute atomic E-state index is 5.79. The normalized spacial score (nSPS) is 12.0. The van der Waals surface area contributed by atoms with Gasteiger partial charge in [0.05, 0.1) is 11.0 Å². The van der Waals surface area contributed by atoms with E-state index in [-0.39, 0.29) is 0 Å². The Morgan fingerprint density at radius 3 is 2.62 bits per heavy atom. The second kappa shape index (κ2) is 3.14. The zero-order valence-electron chi connectivity index (χ0n) is 9.82. The summed E-state index contributed by atoms with van der Waals surface area (Å²) in [6, 6.07) is 11.0. The Hall–Kier alpha value is -1.70. The Labute approximate surface area is 94.5 Å². The molecule has 0 unspecified atom stereocenters. The lowest BCUT2D eigenvalue weighted by Gasteiger charge is -2.09. The van der Waals surface area contributed by atoms with Gasteiger partial charge in [0.2, 0.25) is 0 Å². The van der Waals surface area contributed by atoms with Crippen LogP contribution in [-0.2, 0) is 0 Å². The summed E-state index contributed by atoms with van der Waals surface area (Å²) in [6.07, 6.45) is 0. The Kier molecular flexibility index (Phi) is 1.87. The van der Waals surface area contributed by atoms with E-state index in [9.17, 15) is 0 Å². The number of aromatic nitrogens is 1. The van der Waals surface area contributed by atoms with Crippen LogP contribution in [0.25, 0.3) is 22.0 Å². The van der Waals surface area contributed by atoms with Crippen LogP contribution in [-0.4, -0.2) is 4.57 Å². The number of hydrogen-bond donors (Lipinski definition) is 0. The van der Waals surface area contributed by atoms with Crippen molar-refractivity contribution in [2.75, 3.05) is 0 Å².